The van der Waals surface area contributed by atoms with Crippen LogP contribution in [0, 0.1) is 0 Å². The van der Waals surface area contributed by atoms with E-state index in [2.05, 4.69) is 30.5 Å². The van der Waals surface area contributed by atoms with Crippen LogP contribution < -0.4 is 0 Å². The Morgan fingerprint density at radius 1 is 1.21 bits per heavy atom. The number of hydrogen-bond acceptors (Lipinski definition) is 4. The Labute approximate surface area is 112 Å². The summed E-state index contributed by atoms with van der Waals surface area (Å²) >= 11 is 0. The molecule has 0 atom stereocenters. The molecule has 1 aromatic heterocycles. The van der Waals surface area contributed by atoms with Crippen LogP contribution in [0.15, 0.2) is 34.9 Å². The first-order valence-electron chi connectivity index (χ1n) is 6.06. The molecule has 0 bridgehead atoms. The lowest BCUT2D eigenvalue weighted by Crippen LogP contribution is -2.10. The molecule has 19 heavy (non-hydrogen) atoms. The largest absolute Gasteiger partial charge is 0.464 e. The minimum absolute atomic E-state index is 0.103. The van der Waals surface area contributed by atoms with E-state index in [0.29, 0.717) is 5.89 Å². The molecule has 0 spiro atoms. The van der Waals surface area contributed by atoms with E-state index in [1.54, 1.807) is 0 Å². The van der Waals surface area contributed by atoms with Crippen LogP contribution >= 0.6 is 0 Å². The Balaban J connectivity index is 2.28. The SMILES string of the molecule is COC(=O)c1coc(-c2ccc(C(C)(C)C)cc2)n1. The average Bonchev–Trinajstić information content (AvgIpc) is 2.86. The molecule has 100 valence electrons. The predicted octanol–water partition coefficient (Wildman–Crippen LogP) is 3.43. The number of aromatic nitrogens is 1. The van der Waals surface area contributed by atoms with E-state index in [1.807, 2.05) is 24.3 Å². The zero-order valence-corrected chi connectivity index (χ0v) is 11.6. The lowest BCUT2D eigenvalue weighted by atomic mass is 9.87. The van der Waals surface area contributed by atoms with Gasteiger partial charge < -0.3 is 9.15 Å². The van der Waals surface area contributed by atoms with Crippen molar-refractivity contribution in [2.24, 2.45) is 0 Å². The van der Waals surface area contributed by atoms with Crippen molar-refractivity contribution in [3.8, 4) is 11.5 Å². The fourth-order valence-corrected chi connectivity index (χ4v) is 1.72. The van der Waals surface area contributed by atoms with Gasteiger partial charge in [-0.1, -0.05) is 32.9 Å². The highest BCUT2D eigenvalue weighted by Crippen LogP contribution is 2.25. The molecule has 0 unspecified atom stereocenters. The van der Waals surface area contributed by atoms with E-state index in [1.165, 1.54) is 18.9 Å². The standard InChI is InChI=1S/C15H17NO3/c1-15(2,3)11-7-5-10(6-8-11)13-16-12(9-19-13)14(17)18-4/h5-9H,1-4H3. The van der Waals surface area contributed by atoms with Gasteiger partial charge in [-0.05, 0) is 23.1 Å². The van der Waals surface area contributed by atoms with Gasteiger partial charge in [0.25, 0.3) is 0 Å². The van der Waals surface area contributed by atoms with Gasteiger partial charge in [-0.3, -0.25) is 0 Å². The van der Waals surface area contributed by atoms with Crippen LogP contribution in [0.4, 0.5) is 0 Å². The molecule has 0 saturated carbocycles. The van der Waals surface area contributed by atoms with Crippen molar-refractivity contribution in [2.75, 3.05) is 7.11 Å². The highest BCUT2D eigenvalue weighted by molar-refractivity contribution is 5.87. The number of carbonyl (C=O) groups is 1. The Bertz CT molecular complexity index is 576. The molecule has 1 heterocycles. The minimum Gasteiger partial charge on any atom is -0.464 e. The fourth-order valence-electron chi connectivity index (χ4n) is 1.72. The zero-order chi connectivity index (χ0) is 14.0. The maximum Gasteiger partial charge on any atom is 0.360 e. The Kier molecular flexibility index (Phi) is 3.42. The van der Waals surface area contributed by atoms with Crippen molar-refractivity contribution in [1.82, 2.24) is 4.98 Å². The smallest absolute Gasteiger partial charge is 0.360 e. The second-order valence-electron chi connectivity index (χ2n) is 5.36. The topological polar surface area (TPSA) is 52.3 Å². The second kappa shape index (κ2) is 4.88. The van der Waals surface area contributed by atoms with Gasteiger partial charge in [0.2, 0.25) is 5.89 Å². The summed E-state index contributed by atoms with van der Waals surface area (Å²) in [7, 11) is 1.31. The van der Waals surface area contributed by atoms with Crippen LogP contribution in [-0.4, -0.2) is 18.1 Å². The van der Waals surface area contributed by atoms with Crippen LogP contribution in [0.2, 0.25) is 0 Å². The lowest BCUT2D eigenvalue weighted by Gasteiger charge is -2.18. The highest BCUT2D eigenvalue weighted by Gasteiger charge is 2.16. The van der Waals surface area contributed by atoms with Gasteiger partial charge in [0.1, 0.15) is 6.26 Å². The summed E-state index contributed by atoms with van der Waals surface area (Å²) < 4.78 is 9.88. The average molecular weight is 259 g/mol. The summed E-state index contributed by atoms with van der Waals surface area (Å²) in [5.41, 5.74) is 2.35. The van der Waals surface area contributed by atoms with Crippen LogP contribution in [-0.2, 0) is 10.2 Å². The van der Waals surface area contributed by atoms with Gasteiger partial charge in [0, 0.05) is 5.56 Å². The minimum atomic E-state index is -0.499. The van der Waals surface area contributed by atoms with Crippen molar-refractivity contribution in [3.63, 3.8) is 0 Å². The van der Waals surface area contributed by atoms with Crippen LogP contribution in [0.3, 0.4) is 0 Å². The van der Waals surface area contributed by atoms with E-state index >= 15 is 0 Å². The summed E-state index contributed by atoms with van der Waals surface area (Å²) in [6.45, 7) is 6.47. The van der Waals surface area contributed by atoms with Gasteiger partial charge in [0.15, 0.2) is 5.69 Å². The molecule has 0 radical (unpaired) electrons. The first-order chi connectivity index (χ1) is 8.91. The number of rotatable bonds is 2. The van der Waals surface area contributed by atoms with Crippen LogP contribution in [0.25, 0.3) is 11.5 Å². The number of methoxy groups -OCH3 is 1. The van der Waals surface area contributed by atoms with Gasteiger partial charge in [-0.25, -0.2) is 9.78 Å². The first-order valence-corrected chi connectivity index (χ1v) is 6.06. The highest BCUT2D eigenvalue weighted by atomic mass is 16.5. The van der Waals surface area contributed by atoms with Crippen LogP contribution in [0.1, 0.15) is 36.8 Å². The van der Waals surface area contributed by atoms with Crippen molar-refractivity contribution in [3.05, 3.63) is 41.8 Å². The molecule has 0 N–H and O–H groups in total. The van der Waals surface area contributed by atoms with Gasteiger partial charge in [-0.2, -0.15) is 0 Å². The van der Waals surface area contributed by atoms with Gasteiger partial charge >= 0.3 is 5.97 Å². The Morgan fingerprint density at radius 3 is 2.37 bits per heavy atom. The number of esters is 1. The first kappa shape index (κ1) is 13.3. The number of oxazole rings is 1. The molecule has 4 heteroatoms. The number of carbonyl (C=O) groups excluding carboxylic acids is 1. The van der Waals surface area contributed by atoms with Crippen molar-refractivity contribution in [1.29, 1.82) is 0 Å². The van der Waals surface area contributed by atoms with E-state index in [9.17, 15) is 4.79 Å². The summed E-state index contributed by atoms with van der Waals surface area (Å²) in [5, 5.41) is 0. The quantitative estimate of drug-likeness (QED) is 0.775. The van der Waals surface area contributed by atoms with Crippen molar-refractivity contribution < 1.29 is 13.9 Å². The molecule has 0 aliphatic carbocycles. The molecule has 0 saturated heterocycles. The van der Waals surface area contributed by atoms with Crippen LogP contribution in [0.5, 0.6) is 0 Å². The monoisotopic (exact) mass is 259 g/mol. The van der Waals surface area contributed by atoms with E-state index < -0.39 is 5.97 Å². The van der Waals surface area contributed by atoms with E-state index in [0.717, 1.165) is 5.56 Å². The molecule has 0 aliphatic rings. The molecule has 1 aromatic carbocycles. The molecule has 2 rings (SSSR count). The number of hydrogen-bond donors (Lipinski definition) is 0. The summed E-state index contributed by atoms with van der Waals surface area (Å²) in [6, 6.07) is 7.95. The lowest BCUT2D eigenvalue weighted by molar-refractivity contribution is 0.0594. The third-order valence-electron chi connectivity index (χ3n) is 2.90. The van der Waals surface area contributed by atoms with Gasteiger partial charge in [-0.15, -0.1) is 0 Å². The molecule has 0 amide bonds. The molecular weight excluding hydrogens is 242 g/mol. The normalized spacial score (nSPS) is 11.4. The zero-order valence-electron chi connectivity index (χ0n) is 11.6. The maximum absolute atomic E-state index is 11.3. The number of nitrogens with zero attached hydrogens (tertiary/aromatic N) is 1. The van der Waals surface area contributed by atoms with E-state index in [4.69, 9.17) is 4.42 Å². The second-order valence-corrected chi connectivity index (χ2v) is 5.36. The third-order valence-corrected chi connectivity index (χ3v) is 2.90. The number of ether oxygens (including phenoxy) is 1. The van der Waals surface area contributed by atoms with Crippen molar-refractivity contribution >= 4 is 5.97 Å². The summed E-state index contributed by atoms with van der Waals surface area (Å²) in [4.78, 5) is 15.4. The molecule has 4 nitrogen and oxygen atoms in total. The summed E-state index contributed by atoms with van der Waals surface area (Å²) in [6.07, 6.45) is 1.30. The predicted molar refractivity (Wildman–Crippen MR) is 72.0 cm³/mol. The molecule has 2 aromatic rings. The third kappa shape index (κ3) is 2.84. The number of benzene rings is 1. The fraction of sp³-hybridized carbons (Fsp3) is 0.333. The molecular formula is C15H17NO3. The van der Waals surface area contributed by atoms with Crippen molar-refractivity contribution in [2.45, 2.75) is 26.2 Å². The van der Waals surface area contributed by atoms with Gasteiger partial charge in [0.05, 0.1) is 7.11 Å². The van der Waals surface area contributed by atoms with E-state index in [-0.39, 0.29) is 11.1 Å². The molecule has 0 aliphatic heterocycles. The Morgan fingerprint density at radius 2 is 1.84 bits per heavy atom. The maximum atomic E-state index is 11.3. The molecule has 0 fully saturated rings. The Hall–Kier alpha value is -2.10. The summed E-state index contributed by atoms with van der Waals surface area (Å²) in [5.74, 6) is -0.0813.